The molecule has 0 saturated carbocycles. The maximum absolute atomic E-state index is 12.5. The highest BCUT2D eigenvalue weighted by molar-refractivity contribution is 7.99. The van der Waals surface area contributed by atoms with Crippen LogP contribution in [0.3, 0.4) is 0 Å². The number of nitrogens with zero attached hydrogens (tertiary/aromatic N) is 1. The Labute approximate surface area is 137 Å². The van der Waals surface area contributed by atoms with Crippen LogP contribution >= 0.6 is 11.8 Å². The third kappa shape index (κ3) is 3.01. The van der Waals surface area contributed by atoms with Gasteiger partial charge in [0.2, 0.25) is 5.91 Å². The molecule has 0 saturated heterocycles. The summed E-state index contributed by atoms with van der Waals surface area (Å²) in [5.74, 6) is 2.78. The minimum absolute atomic E-state index is 0.142. The summed E-state index contributed by atoms with van der Waals surface area (Å²) in [7, 11) is 0. The number of carbonyl (C=O) groups is 1. The van der Waals surface area contributed by atoms with Gasteiger partial charge in [-0.25, -0.2) is 4.98 Å². The number of thioether (sulfide) groups is 1. The summed E-state index contributed by atoms with van der Waals surface area (Å²) >= 11 is 1.25. The van der Waals surface area contributed by atoms with E-state index in [4.69, 9.17) is 6.42 Å². The van der Waals surface area contributed by atoms with E-state index in [2.05, 4.69) is 21.2 Å². The van der Waals surface area contributed by atoms with Crippen LogP contribution in [0.4, 0.5) is 5.82 Å². The average Bonchev–Trinajstić information content (AvgIpc) is 2.52. The Morgan fingerprint density at radius 2 is 2.17 bits per heavy atom. The van der Waals surface area contributed by atoms with Crippen LogP contribution in [0.25, 0.3) is 0 Å². The van der Waals surface area contributed by atoms with Gasteiger partial charge in [-0.15, -0.1) is 6.42 Å². The van der Waals surface area contributed by atoms with Crippen molar-refractivity contribution in [2.75, 3.05) is 11.1 Å². The summed E-state index contributed by atoms with van der Waals surface area (Å²) in [6.07, 6.45) is 5.46. The number of benzene rings is 1. The van der Waals surface area contributed by atoms with Gasteiger partial charge in [0.1, 0.15) is 5.82 Å². The fourth-order valence-corrected chi connectivity index (χ4v) is 3.31. The molecule has 1 aromatic carbocycles. The van der Waals surface area contributed by atoms with E-state index < -0.39 is 0 Å². The Morgan fingerprint density at radius 3 is 2.91 bits per heavy atom. The molecule has 5 nitrogen and oxygen atoms in total. The first-order valence-electron chi connectivity index (χ1n) is 7.16. The van der Waals surface area contributed by atoms with E-state index in [0.29, 0.717) is 22.3 Å². The molecule has 1 aromatic heterocycles. The zero-order valence-electron chi connectivity index (χ0n) is 12.6. The fraction of sp³-hybridized carbons (Fsp3) is 0.235. The van der Waals surface area contributed by atoms with Crippen LogP contribution in [-0.2, 0) is 4.79 Å². The number of nitrogens with one attached hydrogen (secondary N) is 2. The number of hydrogen-bond acceptors (Lipinski definition) is 4. The van der Waals surface area contributed by atoms with Gasteiger partial charge in [0, 0.05) is 12.3 Å². The van der Waals surface area contributed by atoms with Crippen LogP contribution in [0.2, 0.25) is 0 Å². The minimum atomic E-state index is -0.289. The molecule has 0 aliphatic carbocycles. The topological polar surface area (TPSA) is 74.8 Å². The fourth-order valence-electron chi connectivity index (χ4n) is 2.77. The molecule has 1 amide bonds. The number of fused-ring (bicyclic) bond motifs is 1. The predicted molar refractivity (Wildman–Crippen MR) is 90.7 cm³/mol. The lowest BCUT2D eigenvalue weighted by Crippen LogP contribution is -2.31. The standard InChI is InChI=1S/C17H15N3O2S/c1-3-8-23-17-19-15-14(16(22)20-17)12(9-13(21)18-15)11-7-5-4-6-10(11)2/h1,4-7,12H,8-9H2,2H3,(H2,18,19,20,21,22)/t12-/m0/s1. The molecule has 0 bridgehead atoms. The molecule has 1 aliphatic rings. The molecule has 116 valence electrons. The zero-order valence-corrected chi connectivity index (χ0v) is 13.4. The van der Waals surface area contributed by atoms with Gasteiger partial charge in [0.15, 0.2) is 5.16 Å². The second kappa shape index (κ2) is 6.31. The van der Waals surface area contributed by atoms with Crippen molar-refractivity contribution in [3.8, 4) is 12.3 Å². The van der Waals surface area contributed by atoms with Gasteiger partial charge in [-0.2, -0.15) is 0 Å². The lowest BCUT2D eigenvalue weighted by Gasteiger charge is -2.25. The van der Waals surface area contributed by atoms with E-state index in [-0.39, 0.29) is 23.8 Å². The van der Waals surface area contributed by atoms with Crippen molar-refractivity contribution >= 4 is 23.5 Å². The zero-order chi connectivity index (χ0) is 16.4. The summed E-state index contributed by atoms with van der Waals surface area (Å²) in [6.45, 7) is 1.97. The van der Waals surface area contributed by atoms with Crippen LogP contribution in [0.5, 0.6) is 0 Å². The summed E-state index contributed by atoms with van der Waals surface area (Å²) < 4.78 is 0. The van der Waals surface area contributed by atoms with E-state index >= 15 is 0 Å². The Hall–Kier alpha value is -2.52. The van der Waals surface area contributed by atoms with E-state index in [1.165, 1.54) is 11.8 Å². The highest BCUT2D eigenvalue weighted by Gasteiger charge is 2.31. The van der Waals surface area contributed by atoms with Gasteiger partial charge in [0.25, 0.3) is 5.56 Å². The molecule has 2 N–H and O–H groups in total. The molecule has 3 rings (SSSR count). The second-order valence-electron chi connectivity index (χ2n) is 5.29. The second-order valence-corrected chi connectivity index (χ2v) is 6.25. The van der Waals surface area contributed by atoms with Gasteiger partial charge in [-0.1, -0.05) is 41.9 Å². The van der Waals surface area contributed by atoms with Crippen LogP contribution in [0.1, 0.15) is 29.0 Å². The molecule has 0 radical (unpaired) electrons. The molecule has 1 atom stereocenters. The van der Waals surface area contributed by atoms with Crippen molar-refractivity contribution in [2.24, 2.45) is 0 Å². The highest BCUT2D eigenvalue weighted by atomic mass is 32.2. The summed E-state index contributed by atoms with van der Waals surface area (Å²) in [5.41, 5.74) is 2.29. The molecule has 0 fully saturated rings. The van der Waals surface area contributed by atoms with Crippen LogP contribution < -0.4 is 10.9 Å². The molecule has 2 aromatic rings. The van der Waals surface area contributed by atoms with E-state index in [0.717, 1.165) is 11.1 Å². The monoisotopic (exact) mass is 325 g/mol. The van der Waals surface area contributed by atoms with E-state index in [1.54, 1.807) is 0 Å². The summed E-state index contributed by atoms with van der Waals surface area (Å²) in [5, 5.41) is 3.12. The molecule has 2 heterocycles. The number of aromatic amines is 1. The normalized spacial score (nSPS) is 16.3. The first kappa shape index (κ1) is 15.4. The Bertz CT molecular complexity index is 867. The predicted octanol–water partition coefficient (Wildman–Crippen LogP) is 2.28. The first-order chi connectivity index (χ1) is 11.1. The molecule has 23 heavy (non-hydrogen) atoms. The van der Waals surface area contributed by atoms with Gasteiger partial charge in [-0.05, 0) is 18.1 Å². The number of carbonyl (C=O) groups excluding carboxylic acids is 1. The number of anilines is 1. The maximum atomic E-state index is 12.5. The largest absolute Gasteiger partial charge is 0.310 e. The number of rotatable bonds is 3. The van der Waals surface area contributed by atoms with Crippen LogP contribution in [0.15, 0.2) is 34.2 Å². The van der Waals surface area contributed by atoms with Crippen molar-refractivity contribution in [1.29, 1.82) is 0 Å². The van der Waals surface area contributed by atoms with Crippen molar-refractivity contribution in [2.45, 2.75) is 24.4 Å². The Balaban J connectivity index is 2.11. The van der Waals surface area contributed by atoms with Gasteiger partial charge in [0.05, 0.1) is 11.3 Å². The smallest absolute Gasteiger partial charge is 0.257 e. The number of terminal acetylenes is 1. The molecule has 0 spiro atoms. The maximum Gasteiger partial charge on any atom is 0.257 e. The van der Waals surface area contributed by atoms with Crippen molar-refractivity contribution < 1.29 is 4.79 Å². The summed E-state index contributed by atoms with van der Waals surface area (Å²) in [4.78, 5) is 31.7. The Kier molecular flexibility index (Phi) is 4.22. The van der Waals surface area contributed by atoms with Crippen LogP contribution in [0, 0.1) is 19.3 Å². The molecular formula is C17H15N3O2S. The quantitative estimate of drug-likeness (QED) is 0.516. The molecule has 0 unspecified atom stereocenters. The number of hydrogen-bond donors (Lipinski definition) is 2. The Morgan fingerprint density at radius 1 is 1.39 bits per heavy atom. The van der Waals surface area contributed by atoms with Gasteiger partial charge < -0.3 is 10.3 Å². The third-order valence-corrected chi connectivity index (χ3v) is 4.56. The number of H-pyrrole nitrogens is 1. The van der Waals surface area contributed by atoms with Gasteiger partial charge in [-0.3, -0.25) is 9.59 Å². The SMILES string of the molecule is C#CCSc1nc2c(c(=O)[nH]1)[C@H](c1ccccc1C)CC(=O)N2. The van der Waals surface area contributed by atoms with Crippen molar-refractivity contribution in [3.05, 3.63) is 51.3 Å². The first-order valence-corrected chi connectivity index (χ1v) is 8.14. The third-order valence-electron chi connectivity index (χ3n) is 3.79. The van der Waals surface area contributed by atoms with Crippen LogP contribution in [-0.4, -0.2) is 21.6 Å². The molecular weight excluding hydrogens is 310 g/mol. The van der Waals surface area contributed by atoms with E-state index in [1.807, 2.05) is 31.2 Å². The number of aryl methyl sites for hydroxylation is 1. The molecule has 6 heteroatoms. The molecule has 1 aliphatic heterocycles. The van der Waals surface area contributed by atoms with Gasteiger partial charge >= 0.3 is 0 Å². The minimum Gasteiger partial charge on any atom is -0.310 e. The van der Waals surface area contributed by atoms with E-state index in [9.17, 15) is 9.59 Å². The van der Waals surface area contributed by atoms with Crippen molar-refractivity contribution in [3.63, 3.8) is 0 Å². The average molecular weight is 325 g/mol. The number of aromatic nitrogens is 2. The lowest BCUT2D eigenvalue weighted by atomic mass is 9.84. The number of amides is 1. The highest BCUT2D eigenvalue weighted by Crippen LogP contribution is 2.35. The van der Waals surface area contributed by atoms with Crippen molar-refractivity contribution in [1.82, 2.24) is 9.97 Å². The lowest BCUT2D eigenvalue weighted by molar-refractivity contribution is -0.116. The summed E-state index contributed by atoms with van der Waals surface area (Å²) in [6, 6.07) is 7.76.